The van der Waals surface area contributed by atoms with Crippen LogP contribution in [-0.4, -0.2) is 60.6 Å². The number of hydrogen-bond donors (Lipinski definition) is 2. The summed E-state index contributed by atoms with van der Waals surface area (Å²) >= 11 is 0. The van der Waals surface area contributed by atoms with Gasteiger partial charge in [0.2, 0.25) is 0 Å². The van der Waals surface area contributed by atoms with Crippen molar-refractivity contribution in [1.29, 1.82) is 0 Å². The van der Waals surface area contributed by atoms with Gasteiger partial charge in [-0.05, 0) is 64.0 Å². The summed E-state index contributed by atoms with van der Waals surface area (Å²) in [5.41, 5.74) is 3.57. The zero-order valence-corrected chi connectivity index (χ0v) is 16.5. The van der Waals surface area contributed by atoms with E-state index in [-0.39, 0.29) is 12.1 Å². The Hall–Kier alpha value is -2.21. The van der Waals surface area contributed by atoms with Crippen molar-refractivity contribution in [1.82, 2.24) is 20.1 Å². The molecule has 1 aromatic heterocycles. The molecule has 0 unspecified atom stereocenters. The maximum atomic E-state index is 12.9. The molecule has 2 aliphatic rings. The molecule has 2 aliphatic heterocycles. The minimum atomic E-state index is 0.0596. The maximum Gasteiger partial charge on any atom is 0.317 e. The number of carbonyl (C=O) groups is 1. The molecule has 0 aliphatic carbocycles. The highest BCUT2D eigenvalue weighted by Crippen LogP contribution is 2.30. The average molecular weight is 370 g/mol. The van der Waals surface area contributed by atoms with Gasteiger partial charge in [-0.3, -0.25) is 0 Å². The first kappa shape index (κ1) is 18.2. The van der Waals surface area contributed by atoms with Crippen LogP contribution in [0.1, 0.15) is 31.0 Å². The summed E-state index contributed by atoms with van der Waals surface area (Å²) in [6, 6.07) is 6.37. The number of methoxy groups -OCH3 is 1. The van der Waals surface area contributed by atoms with Gasteiger partial charge in [-0.15, -0.1) is 0 Å². The molecule has 3 heterocycles. The SMILES string of the molecule is COc1ccc2[nH]c3c(c2c1)CN(C(=O)N[C@@H](C)C1CCN(C)CC1)CC3. The quantitative estimate of drug-likeness (QED) is 0.873. The van der Waals surface area contributed by atoms with Crippen LogP contribution in [-0.2, 0) is 13.0 Å². The minimum absolute atomic E-state index is 0.0596. The zero-order valence-electron chi connectivity index (χ0n) is 16.5. The molecular weight excluding hydrogens is 340 g/mol. The number of aromatic nitrogens is 1. The first-order valence-corrected chi connectivity index (χ1v) is 9.96. The fourth-order valence-corrected chi connectivity index (χ4v) is 4.43. The smallest absolute Gasteiger partial charge is 0.317 e. The minimum Gasteiger partial charge on any atom is -0.497 e. The lowest BCUT2D eigenvalue weighted by Crippen LogP contribution is -2.49. The van der Waals surface area contributed by atoms with Crippen molar-refractivity contribution in [2.24, 2.45) is 5.92 Å². The van der Waals surface area contributed by atoms with Crippen LogP contribution in [0.15, 0.2) is 18.2 Å². The highest BCUT2D eigenvalue weighted by atomic mass is 16.5. The van der Waals surface area contributed by atoms with Gasteiger partial charge in [-0.1, -0.05) is 0 Å². The van der Waals surface area contributed by atoms with Crippen LogP contribution in [0.3, 0.4) is 0 Å². The Morgan fingerprint density at radius 1 is 1.30 bits per heavy atom. The van der Waals surface area contributed by atoms with Crippen molar-refractivity contribution in [3.05, 3.63) is 29.5 Å². The van der Waals surface area contributed by atoms with E-state index >= 15 is 0 Å². The number of nitrogens with one attached hydrogen (secondary N) is 2. The predicted octanol–water partition coefficient (Wildman–Crippen LogP) is 2.97. The molecule has 1 fully saturated rings. The van der Waals surface area contributed by atoms with E-state index in [2.05, 4.69) is 41.3 Å². The topological polar surface area (TPSA) is 60.6 Å². The lowest BCUT2D eigenvalue weighted by Gasteiger charge is -2.35. The largest absolute Gasteiger partial charge is 0.497 e. The fraction of sp³-hybridized carbons (Fsp3) is 0.571. The molecular formula is C21H30N4O2. The van der Waals surface area contributed by atoms with E-state index in [1.807, 2.05) is 11.0 Å². The zero-order chi connectivity index (χ0) is 19.0. The summed E-state index contributed by atoms with van der Waals surface area (Å²) in [6.45, 7) is 5.79. The Morgan fingerprint density at radius 3 is 2.81 bits per heavy atom. The Kier molecular flexibility index (Phi) is 5.00. The molecule has 6 heteroatoms. The van der Waals surface area contributed by atoms with Crippen LogP contribution in [0.25, 0.3) is 10.9 Å². The van der Waals surface area contributed by atoms with Crippen LogP contribution in [0.5, 0.6) is 5.75 Å². The number of nitrogens with zero attached hydrogens (tertiary/aromatic N) is 2. The number of piperidine rings is 1. The molecule has 6 nitrogen and oxygen atoms in total. The number of benzene rings is 1. The van der Waals surface area contributed by atoms with E-state index in [1.54, 1.807) is 7.11 Å². The van der Waals surface area contributed by atoms with Gasteiger partial charge in [0.25, 0.3) is 0 Å². The maximum absolute atomic E-state index is 12.9. The van der Waals surface area contributed by atoms with E-state index in [0.717, 1.165) is 55.5 Å². The van der Waals surface area contributed by atoms with Gasteiger partial charge in [0.15, 0.2) is 0 Å². The number of likely N-dealkylation sites (tertiary alicyclic amines) is 1. The van der Waals surface area contributed by atoms with E-state index in [9.17, 15) is 4.79 Å². The second kappa shape index (κ2) is 7.43. The summed E-state index contributed by atoms with van der Waals surface area (Å²) in [6.07, 6.45) is 3.18. The van der Waals surface area contributed by atoms with Gasteiger partial charge in [-0.25, -0.2) is 4.79 Å². The number of amides is 2. The van der Waals surface area contributed by atoms with Crippen LogP contribution in [0.2, 0.25) is 0 Å². The first-order chi connectivity index (χ1) is 13.0. The molecule has 1 atom stereocenters. The van der Waals surface area contributed by atoms with Gasteiger partial charge in [-0.2, -0.15) is 0 Å². The van der Waals surface area contributed by atoms with E-state index < -0.39 is 0 Å². The Labute approximate surface area is 160 Å². The predicted molar refractivity (Wildman–Crippen MR) is 107 cm³/mol. The molecule has 0 radical (unpaired) electrons. The number of hydrogen-bond acceptors (Lipinski definition) is 3. The second-order valence-corrected chi connectivity index (χ2v) is 8.04. The van der Waals surface area contributed by atoms with Crippen LogP contribution in [0.4, 0.5) is 4.79 Å². The van der Waals surface area contributed by atoms with Crippen molar-refractivity contribution >= 4 is 16.9 Å². The van der Waals surface area contributed by atoms with Crippen LogP contribution >= 0.6 is 0 Å². The summed E-state index contributed by atoms with van der Waals surface area (Å²) in [7, 11) is 3.85. The summed E-state index contributed by atoms with van der Waals surface area (Å²) < 4.78 is 5.37. The van der Waals surface area contributed by atoms with Crippen molar-refractivity contribution in [2.45, 2.75) is 38.8 Å². The van der Waals surface area contributed by atoms with Gasteiger partial charge in [0.1, 0.15) is 5.75 Å². The third-order valence-electron chi connectivity index (χ3n) is 6.29. The van der Waals surface area contributed by atoms with Crippen molar-refractivity contribution in [3.8, 4) is 5.75 Å². The Bertz CT molecular complexity index is 823. The third-order valence-corrected chi connectivity index (χ3v) is 6.29. The molecule has 1 saturated heterocycles. The number of fused-ring (bicyclic) bond motifs is 3. The second-order valence-electron chi connectivity index (χ2n) is 8.04. The lowest BCUT2D eigenvalue weighted by atomic mass is 9.90. The highest BCUT2D eigenvalue weighted by Gasteiger charge is 2.28. The van der Waals surface area contributed by atoms with E-state index in [0.29, 0.717) is 12.5 Å². The van der Waals surface area contributed by atoms with Crippen molar-refractivity contribution < 1.29 is 9.53 Å². The van der Waals surface area contributed by atoms with Gasteiger partial charge in [0.05, 0.1) is 7.11 Å². The number of carbonyl (C=O) groups excluding carboxylic acids is 1. The molecule has 146 valence electrons. The third kappa shape index (κ3) is 3.63. The Balaban J connectivity index is 1.44. The van der Waals surface area contributed by atoms with Gasteiger partial charge >= 0.3 is 6.03 Å². The number of aromatic amines is 1. The monoisotopic (exact) mass is 370 g/mol. The first-order valence-electron chi connectivity index (χ1n) is 9.96. The molecule has 2 N–H and O–H groups in total. The molecule has 0 spiro atoms. The van der Waals surface area contributed by atoms with E-state index in [4.69, 9.17) is 4.74 Å². The molecule has 0 bridgehead atoms. The summed E-state index contributed by atoms with van der Waals surface area (Å²) in [5, 5.41) is 4.42. The number of rotatable bonds is 3. The molecule has 1 aromatic carbocycles. The Morgan fingerprint density at radius 2 is 2.07 bits per heavy atom. The number of H-pyrrole nitrogens is 1. The summed E-state index contributed by atoms with van der Waals surface area (Å²) in [4.78, 5) is 20.7. The molecule has 2 aromatic rings. The van der Waals surface area contributed by atoms with Crippen molar-refractivity contribution in [2.75, 3.05) is 33.8 Å². The highest BCUT2D eigenvalue weighted by molar-refractivity contribution is 5.87. The molecule has 27 heavy (non-hydrogen) atoms. The van der Waals surface area contributed by atoms with Crippen LogP contribution < -0.4 is 10.1 Å². The number of ether oxygens (including phenoxy) is 1. The lowest BCUT2D eigenvalue weighted by molar-refractivity contribution is 0.166. The standard InChI is InChI=1S/C21H30N4O2/c1-14(15-6-9-24(2)10-7-15)22-21(26)25-11-8-20-18(13-25)17-12-16(27-3)4-5-19(17)23-20/h4-5,12,14-15,23H,6-11,13H2,1-3H3,(H,22,26)/t14-/m0/s1. The fourth-order valence-electron chi connectivity index (χ4n) is 4.43. The van der Waals surface area contributed by atoms with Gasteiger partial charge in [0, 0.05) is 47.7 Å². The van der Waals surface area contributed by atoms with E-state index in [1.165, 1.54) is 11.3 Å². The molecule has 2 amide bonds. The van der Waals surface area contributed by atoms with Gasteiger partial charge < -0.3 is 24.8 Å². The summed E-state index contributed by atoms with van der Waals surface area (Å²) in [5.74, 6) is 1.42. The number of urea groups is 1. The van der Waals surface area contributed by atoms with Crippen molar-refractivity contribution in [3.63, 3.8) is 0 Å². The normalized spacial score (nSPS) is 19.7. The molecule has 0 saturated carbocycles. The molecule has 4 rings (SSSR count). The van der Waals surface area contributed by atoms with Crippen LogP contribution in [0, 0.1) is 5.92 Å². The average Bonchev–Trinajstić information content (AvgIpc) is 3.05.